The van der Waals surface area contributed by atoms with Crippen molar-refractivity contribution in [2.24, 2.45) is 5.14 Å². The van der Waals surface area contributed by atoms with Crippen molar-refractivity contribution in [3.05, 3.63) is 95.6 Å². The van der Waals surface area contributed by atoms with Gasteiger partial charge in [0.15, 0.2) is 0 Å². The Morgan fingerprint density at radius 1 is 0.792 bits per heavy atom. The number of amides is 2. The van der Waals surface area contributed by atoms with Crippen molar-refractivity contribution in [2.45, 2.75) is 74.8 Å². The van der Waals surface area contributed by atoms with Gasteiger partial charge in [0.25, 0.3) is 21.8 Å². The van der Waals surface area contributed by atoms with Crippen LogP contribution in [0.2, 0.25) is 0 Å². The van der Waals surface area contributed by atoms with Gasteiger partial charge in [-0.3, -0.25) is 9.59 Å². The van der Waals surface area contributed by atoms with E-state index in [1.54, 1.807) is 23.1 Å². The van der Waals surface area contributed by atoms with E-state index in [9.17, 15) is 31.5 Å². The summed E-state index contributed by atoms with van der Waals surface area (Å²) in [5, 5.41) is 21.2. The van der Waals surface area contributed by atoms with E-state index in [0.717, 1.165) is 24.1 Å². The molecule has 0 aliphatic heterocycles. The maximum absolute atomic E-state index is 13.8. The largest absolute Gasteiger partial charge is 0.390 e. The number of sulfonamides is 2. The third kappa shape index (κ3) is 11.5. The highest BCUT2D eigenvalue weighted by atomic mass is 32.2. The third-order valence-corrected chi connectivity index (χ3v) is 9.87. The lowest BCUT2D eigenvalue weighted by Gasteiger charge is -2.30. The molecule has 3 aromatic carbocycles. The Balaban J connectivity index is 1.96. The number of benzene rings is 3. The average Bonchev–Trinajstić information content (AvgIpc) is 3.06. The molecule has 2 amide bonds. The Hall–Kier alpha value is -3.66. The number of primary sulfonamides is 1. The molecule has 2 unspecified atom stereocenters. The van der Waals surface area contributed by atoms with Gasteiger partial charge >= 0.3 is 0 Å². The molecule has 0 radical (unpaired) electrons. The van der Waals surface area contributed by atoms with Crippen molar-refractivity contribution < 1.29 is 31.5 Å². The first kappa shape index (κ1) is 38.8. The minimum Gasteiger partial charge on any atom is -0.390 e. The molecule has 5 N–H and O–H groups in total. The fraction of sp³-hybridized carbons (Fsp3) is 0.412. The summed E-state index contributed by atoms with van der Waals surface area (Å²) < 4.78 is 51.1. The van der Waals surface area contributed by atoms with E-state index in [-0.39, 0.29) is 29.0 Å². The molecule has 262 valence electrons. The molecule has 0 fully saturated rings. The summed E-state index contributed by atoms with van der Waals surface area (Å²) in [4.78, 5) is 31.0. The molecule has 0 aromatic heterocycles. The highest BCUT2D eigenvalue weighted by Gasteiger charge is 2.28. The van der Waals surface area contributed by atoms with Gasteiger partial charge in [0.2, 0.25) is 10.0 Å². The second-order valence-corrected chi connectivity index (χ2v) is 14.8. The minimum atomic E-state index is -4.30. The third-order valence-electron chi connectivity index (χ3n) is 7.59. The summed E-state index contributed by atoms with van der Waals surface area (Å²) in [5.74, 6) is -1.17. The first-order valence-corrected chi connectivity index (χ1v) is 19.1. The summed E-state index contributed by atoms with van der Waals surface area (Å²) >= 11 is 0. The summed E-state index contributed by atoms with van der Waals surface area (Å²) in [6.07, 6.45) is 1.65. The summed E-state index contributed by atoms with van der Waals surface area (Å²) in [6, 6.07) is 19.6. The smallest absolute Gasteiger partial charge is 0.253 e. The molecule has 0 saturated heterocycles. The maximum atomic E-state index is 13.8. The van der Waals surface area contributed by atoms with Crippen molar-refractivity contribution in [3.63, 3.8) is 0 Å². The van der Waals surface area contributed by atoms with Gasteiger partial charge in [0.05, 0.1) is 21.9 Å². The van der Waals surface area contributed by atoms with Gasteiger partial charge in [-0.2, -0.15) is 0 Å². The fourth-order valence-electron chi connectivity index (χ4n) is 5.16. The summed E-state index contributed by atoms with van der Waals surface area (Å²) in [7, 11) is -8.26. The van der Waals surface area contributed by atoms with Crippen LogP contribution >= 0.6 is 0 Å². The normalized spacial score (nSPS) is 13.2. The summed E-state index contributed by atoms with van der Waals surface area (Å²) in [5.41, 5.74) is 0.654. The van der Waals surface area contributed by atoms with Gasteiger partial charge < -0.3 is 15.3 Å². The van der Waals surface area contributed by atoms with Crippen LogP contribution < -0.4 is 15.3 Å². The highest BCUT2D eigenvalue weighted by Crippen LogP contribution is 2.18. The van der Waals surface area contributed by atoms with E-state index >= 15 is 0 Å². The molecule has 3 rings (SSSR count). The zero-order chi connectivity index (χ0) is 35.3. The molecule has 0 saturated carbocycles. The van der Waals surface area contributed by atoms with Gasteiger partial charge in [-0.25, -0.2) is 27.0 Å². The van der Waals surface area contributed by atoms with E-state index in [2.05, 4.69) is 10.1 Å². The number of nitrogens with two attached hydrogens (primary N) is 1. The van der Waals surface area contributed by atoms with Gasteiger partial charge in [-0.05, 0) is 61.6 Å². The summed E-state index contributed by atoms with van der Waals surface area (Å²) in [6.45, 7) is 6.81. The number of aliphatic hydroxyl groups excluding tert-OH is 1. The fourth-order valence-corrected chi connectivity index (χ4v) is 6.87. The second-order valence-electron chi connectivity index (χ2n) is 11.6. The van der Waals surface area contributed by atoms with Gasteiger partial charge in [-0.15, -0.1) is 4.83 Å². The Morgan fingerprint density at radius 2 is 1.38 bits per heavy atom. The van der Waals surface area contributed by atoms with Crippen LogP contribution in [0, 0.1) is 0 Å². The first-order valence-electron chi connectivity index (χ1n) is 16.1. The molecule has 0 heterocycles. The molecular formula is C34H47N5O7S2. The molecule has 3 aromatic rings. The second kappa shape index (κ2) is 18.2. The van der Waals surface area contributed by atoms with Crippen molar-refractivity contribution in [3.8, 4) is 0 Å². The first-order chi connectivity index (χ1) is 22.8. The topological polar surface area (TPSA) is 179 Å². The van der Waals surface area contributed by atoms with Gasteiger partial charge in [0.1, 0.15) is 0 Å². The number of unbranched alkanes of at least 4 members (excludes halogenated alkanes) is 1. The molecule has 2 atom stereocenters. The van der Waals surface area contributed by atoms with Crippen molar-refractivity contribution in [2.75, 3.05) is 26.2 Å². The van der Waals surface area contributed by atoms with Crippen molar-refractivity contribution in [1.82, 2.24) is 20.1 Å². The number of hydrogen-bond donors (Lipinski definition) is 4. The minimum absolute atomic E-state index is 0.00482. The average molecular weight is 702 g/mol. The lowest BCUT2D eigenvalue weighted by molar-refractivity contribution is 0.0614. The molecule has 0 spiro atoms. The number of hydrazine groups is 1. The SMILES string of the molecule is CCCCN(CC(O)C(Cc1ccccc1)NC(=O)c1cc(C(=O)N(CCC)CCC)cc(S(N)(=O)=O)c1)NS(=O)(=O)c1ccccc1. The van der Waals surface area contributed by atoms with E-state index in [1.807, 2.05) is 51.1 Å². The van der Waals surface area contributed by atoms with Crippen LogP contribution in [0.4, 0.5) is 0 Å². The van der Waals surface area contributed by atoms with Crippen LogP contribution in [-0.4, -0.2) is 82.0 Å². The Bertz CT molecular complexity index is 1700. The van der Waals surface area contributed by atoms with Crippen molar-refractivity contribution >= 4 is 31.9 Å². The monoisotopic (exact) mass is 701 g/mol. The number of carbonyl (C=O) groups is 2. The Morgan fingerprint density at radius 3 is 1.94 bits per heavy atom. The van der Waals surface area contributed by atoms with Crippen LogP contribution in [0.15, 0.2) is 88.7 Å². The van der Waals surface area contributed by atoms with Crippen LogP contribution in [0.1, 0.15) is 72.7 Å². The molecule has 0 aliphatic rings. The number of aliphatic hydroxyl groups is 1. The number of rotatable bonds is 19. The Kier molecular flexibility index (Phi) is 14.7. The van der Waals surface area contributed by atoms with E-state index in [4.69, 9.17) is 5.14 Å². The number of hydrogen-bond acceptors (Lipinski definition) is 8. The molecule has 14 heteroatoms. The zero-order valence-electron chi connectivity index (χ0n) is 27.7. The van der Waals surface area contributed by atoms with Crippen LogP contribution in [-0.2, 0) is 26.5 Å². The van der Waals surface area contributed by atoms with E-state index in [0.29, 0.717) is 38.9 Å². The van der Waals surface area contributed by atoms with Crippen LogP contribution in [0.5, 0.6) is 0 Å². The highest BCUT2D eigenvalue weighted by molar-refractivity contribution is 7.89. The lowest BCUT2D eigenvalue weighted by atomic mass is 10.00. The predicted octanol–water partition coefficient (Wildman–Crippen LogP) is 3.29. The van der Waals surface area contributed by atoms with Gasteiger partial charge in [-0.1, -0.05) is 75.7 Å². The Labute approximate surface area is 284 Å². The molecule has 48 heavy (non-hydrogen) atoms. The quantitative estimate of drug-likeness (QED) is 0.138. The predicted molar refractivity (Wildman–Crippen MR) is 185 cm³/mol. The number of carbonyl (C=O) groups excluding carboxylic acids is 2. The van der Waals surface area contributed by atoms with E-state index < -0.39 is 48.9 Å². The molecule has 0 bridgehead atoms. The zero-order valence-corrected chi connectivity index (χ0v) is 29.3. The maximum Gasteiger partial charge on any atom is 0.253 e. The van der Waals surface area contributed by atoms with E-state index in [1.165, 1.54) is 23.2 Å². The molecule has 12 nitrogen and oxygen atoms in total. The lowest BCUT2D eigenvalue weighted by Crippen LogP contribution is -2.53. The van der Waals surface area contributed by atoms with Crippen LogP contribution in [0.3, 0.4) is 0 Å². The van der Waals surface area contributed by atoms with Crippen LogP contribution in [0.25, 0.3) is 0 Å². The van der Waals surface area contributed by atoms with Crippen molar-refractivity contribution in [1.29, 1.82) is 0 Å². The number of nitrogens with one attached hydrogen (secondary N) is 2. The molecule has 0 aliphatic carbocycles. The standard InChI is InChI=1S/C34H47N5O7S2/c1-4-7-20-39(37-48(45,46)29-16-12-9-13-17-29)25-32(40)31(21-26-14-10-8-11-15-26)36-33(41)27-22-28(24-30(23-27)47(35,43)44)34(42)38(18-5-2)19-6-3/h8-17,22-24,31-32,37,40H,4-7,18-21,25H2,1-3H3,(H,36,41)(H2,35,43,44). The molecular weight excluding hydrogens is 655 g/mol. The van der Waals surface area contributed by atoms with Gasteiger partial charge in [0, 0.05) is 37.3 Å². The number of nitrogens with zero attached hydrogens (tertiary/aromatic N) is 2.